The van der Waals surface area contributed by atoms with Crippen LogP contribution >= 0.6 is 24.0 Å². The Morgan fingerprint density at radius 1 is 1.32 bits per heavy atom. The molecule has 6 rings (SSSR count). The van der Waals surface area contributed by atoms with Crippen molar-refractivity contribution in [2.75, 3.05) is 13.7 Å². The van der Waals surface area contributed by atoms with Gasteiger partial charge < -0.3 is 19.5 Å². The molecule has 10 heteroatoms. The van der Waals surface area contributed by atoms with E-state index in [-0.39, 0.29) is 17.9 Å². The first-order chi connectivity index (χ1) is 18.5. The SMILES string of the molecule is COc1ccc(-c2ccc(C=C3SC(=S)N(C4CC5CCC4C5)C3=O)o2)cc1C(=O)NCCc1cnc[nH]1. The fraction of sp³-hybridized carbons (Fsp3) is 0.357. The second kappa shape index (κ2) is 10.4. The number of benzene rings is 1. The van der Waals surface area contributed by atoms with Crippen molar-refractivity contribution in [2.45, 2.75) is 38.1 Å². The fourth-order valence-corrected chi connectivity index (χ4v) is 7.23. The van der Waals surface area contributed by atoms with E-state index < -0.39 is 0 Å². The molecule has 3 atom stereocenters. The van der Waals surface area contributed by atoms with Gasteiger partial charge in [-0.25, -0.2) is 4.98 Å². The Kier molecular flexibility index (Phi) is 6.84. The maximum atomic E-state index is 13.3. The lowest BCUT2D eigenvalue weighted by Gasteiger charge is -2.30. The minimum absolute atomic E-state index is 0.0194. The number of nitrogens with zero attached hydrogens (tertiary/aromatic N) is 2. The van der Waals surface area contributed by atoms with Crippen LogP contribution < -0.4 is 10.1 Å². The second-order valence-electron chi connectivity index (χ2n) is 9.99. The number of aromatic amines is 1. The van der Waals surface area contributed by atoms with E-state index in [0.29, 0.717) is 50.9 Å². The average Bonchev–Trinajstić information content (AvgIpc) is 3.75. The number of carbonyl (C=O) groups is 2. The zero-order valence-corrected chi connectivity index (χ0v) is 22.6. The second-order valence-corrected chi connectivity index (χ2v) is 11.7. The molecule has 2 amide bonds. The maximum absolute atomic E-state index is 13.3. The molecule has 2 aromatic heterocycles. The van der Waals surface area contributed by atoms with Gasteiger partial charge in [0.05, 0.1) is 23.9 Å². The van der Waals surface area contributed by atoms with Crippen molar-refractivity contribution in [3.63, 3.8) is 0 Å². The number of methoxy groups -OCH3 is 1. The van der Waals surface area contributed by atoms with Crippen molar-refractivity contribution >= 4 is 46.2 Å². The standard InChI is InChI=1S/C28H28N4O4S2/c1-35-24-6-4-18(12-21(24)26(33)30-9-8-19-14-29-15-31-19)23-7-5-20(36-23)13-25-27(34)32(28(37)38-25)22-11-16-2-3-17(22)10-16/h4-7,12-17,22H,2-3,8-11H2,1H3,(H,29,31)(H,30,33). The molecule has 1 aromatic carbocycles. The Morgan fingerprint density at radius 3 is 2.95 bits per heavy atom. The van der Waals surface area contributed by atoms with E-state index in [4.69, 9.17) is 21.4 Å². The lowest BCUT2D eigenvalue weighted by Crippen LogP contribution is -2.41. The predicted octanol–water partition coefficient (Wildman–Crippen LogP) is 5.04. The highest BCUT2D eigenvalue weighted by atomic mass is 32.2. The summed E-state index contributed by atoms with van der Waals surface area (Å²) in [5.41, 5.74) is 2.10. The lowest BCUT2D eigenvalue weighted by atomic mass is 9.94. The first kappa shape index (κ1) is 24.9. The number of rotatable bonds is 8. The van der Waals surface area contributed by atoms with Crippen LogP contribution in [0.15, 0.2) is 52.2 Å². The summed E-state index contributed by atoms with van der Waals surface area (Å²) in [4.78, 5) is 35.6. The molecule has 2 N–H and O–H groups in total. The van der Waals surface area contributed by atoms with Gasteiger partial charge in [-0.1, -0.05) is 30.4 Å². The molecule has 2 saturated carbocycles. The van der Waals surface area contributed by atoms with Crippen molar-refractivity contribution in [2.24, 2.45) is 11.8 Å². The molecule has 3 unspecified atom stereocenters. The third-order valence-electron chi connectivity index (χ3n) is 7.72. The number of ether oxygens (including phenoxy) is 1. The number of H-pyrrole nitrogens is 1. The molecule has 0 spiro atoms. The molecule has 1 aliphatic heterocycles. The monoisotopic (exact) mass is 548 g/mol. The van der Waals surface area contributed by atoms with Crippen molar-refractivity contribution in [3.05, 3.63) is 64.8 Å². The zero-order valence-electron chi connectivity index (χ0n) is 20.9. The summed E-state index contributed by atoms with van der Waals surface area (Å²) in [6, 6.07) is 9.25. The summed E-state index contributed by atoms with van der Waals surface area (Å²) in [6.45, 7) is 0.458. The Balaban J connectivity index is 1.17. The fourth-order valence-electron chi connectivity index (χ4n) is 5.87. The highest BCUT2D eigenvalue weighted by Crippen LogP contribution is 2.49. The van der Waals surface area contributed by atoms with Crippen molar-refractivity contribution in [3.8, 4) is 17.1 Å². The van der Waals surface area contributed by atoms with Crippen LogP contribution in [-0.4, -0.2) is 50.7 Å². The summed E-state index contributed by atoms with van der Waals surface area (Å²) in [5, 5.41) is 2.93. The minimum atomic E-state index is -0.237. The van der Waals surface area contributed by atoms with Crippen LogP contribution in [0.5, 0.6) is 5.75 Å². The smallest absolute Gasteiger partial charge is 0.266 e. The van der Waals surface area contributed by atoms with Gasteiger partial charge >= 0.3 is 0 Å². The molecular weight excluding hydrogens is 520 g/mol. The van der Waals surface area contributed by atoms with E-state index in [2.05, 4.69) is 15.3 Å². The van der Waals surface area contributed by atoms with Gasteiger partial charge in [-0.15, -0.1) is 0 Å². The van der Waals surface area contributed by atoms with Gasteiger partial charge in [-0.3, -0.25) is 14.5 Å². The number of hydrogen-bond donors (Lipinski definition) is 2. The molecule has 0 radical (unpaired) electrons. The van der Waals surface area contributed by atoms with E-state index in [9.17, 15) is 9.59 Å². The number of hydrogen-bond acceptors (Lipinski definition) is 7. The molecule has 3 aromatic rings. The van der Waals surface area contributed by atoms with Gasteiger partial charge in [0.2, 0.25) is 0 Å². The van der Waals surface area contributed by atoms with E-state index in [0.717, 1.165) is 23.6 Å². The van der Waals surface area contributed by atoms with Crippen LogP contribution in [0.3, 0.4) is 0 Å². The number of thioether (sulfide) groups is 1. The highest BCUT2D eigenvalue weighted by Gasteiger charge is 2.48. The molecule has 3 aliphatic rings. The predicted molar refractivity (Wildman–Crippen MR) is 150 cm³/mol. The molecule has 2 aliphatic carbocycles. The number of nitrogens with one attached hydrogen (secondary N) is 2. The number of thiocarbonyl (C=S) groups is 1. The molecular formula is C28H28N4O4S2. The molecule has 1 saturated heterocycles. The quantitative estimate of drug-likeness (QED) is 0.300. The van der Waals surface area contributed by atoms with E-state index in [1.807, 2.05) is 23.1 Å². The van der Waals surface area contributed by atoms with Crippen LogP contribution in [0.1, 0.15) is 47.5 Å². The first-order valence-corrected chi connectivity index (χ1v) is 14.0. The van der Waals surface area contributed by atoms with Crippen LogP contribution in [-0.2, 0) is 11.2 Å². The van der Waals surface area contributed by atoms with Crippen molar-refractivity contribution in [1.29, 1.82) is 0 Å². The Labute approximate surface area is 230 Å². The van der Waals surface area contributed by atoms with Crippen LogP contribution in [0.4, 0.5) is 0 Å². The number of carbonyl (C=O) groups excluding carboxylic acids is 2. The van der Waals surface area contributed by atoms with Crippen LogP contribution in [0, 0.1) is 11.8 Å². The maximum Gasteiger partial charge on any atom is 0.266 e. The third kappa shape index (κ3) is 4.78. The van der Waals surface area contributed by atoms with Gasteiger partial charge in [-0.05, 0) is 61.4 Å². The summed E-state index contributed by atoms with van der Waals surface area (Å²) in [5.74, 6) is 2.68. The summed E-state index contributed by atoms with van der Waals surface area (Å²) in [6.07, 6.45) is 10.5. The van der Waals surface area contributed by atoms with E-state index >= 15 is 0 Å². The lowest BCUT2D eigenvalue weighted by molar-refractivity contribution is -0.124. The number of furan rings is 1. The Morgan fingerprint density at radius 2 is 2.21 bits per heavy atom. The molecule has 2 bridgehead atoms. The van der Waals surface area contributed by atoms with Gasteiger partial charge in [0.1, 0.15) is 21.6 Å². The minimum Gasteiger partial charge on any atom is -0.496 e. The number of amides is 2. The molecule has 3 fully saturated rings. The normalized spacial score (nSPS) is 23.6. The molecule has 3 heterocycles. The van der Waals surface area contributed by atoms with Crippen LogP contribution in [0.2, 0.25) is 0 Å². The molecule has 38 heavy (non-hydrogen) atoms. The van der Waals surface area contributed by atoms with E-state index in [1.165, 1.54) is 38.1 Å². The Bertz CT molecular complexity index is 1410. The third-order valence-corrected chi connectivity index (χ3v) is 9.05. The highest BCUT2D eigenvalue weighted by molar-refractivity contribution is 8.26. The van der Waals surface area contributed by atoms with Crippen molar-refractivity contribution in [1.82, 2.24) is 20.2 Å². The first-order valence-electron chi connectivity index (χ1n) is 12.8. The number of fused-ring (bicyclic) bond motifs is 2. The van der Waals surface area contributed by atoms with Crippen molar-refractivity contribution < 1.29 is 18.7 Å². The largest absolute Gasteiger partial charge is 0.496 e. The summed E-state index contributed by atoms with van der Waals surface area (Å²) >= 11 is 6.95. The summed E-state index contributed by atoms with van der Waals surface area (Å²) < 4.78 is 12.1. The summed E-state index contributed by atoms with van der Waals surface area (Å²) in [7, 11) is 1.54. The van der Waals surface area contributed by atoms with Gasteiger partial charge in [0.15, 0.2) is 0 Å². The average molecular weight is 549 g/mol. The van der Waals surface area contributed by atoms with Crippen LogP contribution in [0.25, 0.3) is 17.4 Å². The zero-order chi connectivity index (χ0) is 26.2. The molecule has 196 valence electrons. The van der Waals surface area contributed by atoms with E-state index in [1.54, 1.807) is 30.7 Å². The number of aromatic nitrogens is 2. The Hall–Kier alpha value is -3.37. The number of imidazole rings is 1. The topological polar surface area (TPSA) is 100 Å². The van der Waals surface area contributed by atoms with Gasteiger partial charge in [0.25, 0.3) is 11.8 Å². The molecule has 8 nitrogen and oxygen atoms in total. The van der Waals surface area contributed by atoms with Gasteiger partial charge in [-0.2, -0.15) is 0 Å². The van der Waals surface area contributed by atoms with Gasteiger partial charge in [0, 0.05) is 42.5 Å².